The van der Waals surface area contributed by atoms with Crippen molar-refractivity contribution in [2.45, 2.75) is 32.6 Å². The number of nitrogens with zero attached hydrogens (tertiary/aromatic N) is 2. The lowest BCUT2D eigenvalue weighted by Crippen LogP contribution is -2.33. The summed E-state index contributed by atoms with van der Waals surface area (Å²) in [5.41, 5.74) is 0.966. The highest BCUT2D eigenvalue weighted by atomic mass is 79.9. The molecule has 0 spiro atoms. The Kier molecular flexibility index (Phi) is 9.24. The lowest BCUT2D eigenvalue weighted by Gasteiger charge is -2.15. The number of ether oxygens (including phenoxy) is 2. The summed E-state index contributed by atoms with van der Waals surface area (Å²) >= 11 is 3.43. The van der Waals surface area contributed by atoms with E-state index < -0.39 is 8.07 Å². The van der Waals surface area contributed by atoms with E-state index >= 15 is 0 Å². The molecule has 1 aromatic carbocycles. The Balaban J connectivity index is 2.63. The summed E-state index contributed by atoms with van der Waals surface area (Å²) in [6.07, 6.45) is 0. The van der Waals surface area contributed by atoms with Crippen molar-refractivity contribution in [3.05, 3.63) is 34.3 Å². The molecule has 5 nitrogen and oxygen atoms in total. The lowest BCUT2D eigenvalue weighted by molar-refractivity contribution is 0.152. The van der Waals surface area contributed by atoms with Gasteiger partial charge in [-0.2, -0.15) is 0 Å². The second kappa shape index (κ2) is 10.6. The smallest absolute Gasteiger partial charge is 0.292 e. The first-order valence-electron chi connectivity index (χ1n) is 8.10. The largest absolute Gasteiger partial charge is 0.465 e. The van der Waals surface area contributed by atoms with Gasteiger partial charge in [0.1, 0.15) is 12.6 Å². The number of amidine groups is 2. The van der Waals surface area contributed by atoms with Crippen molar-refractivity contribution in [2.75, 3.05) is 27.0 Å². The lowest BCUT2D eigenvalue weighted by atomic mass is 10.2. The topological polar surface area (TPSA) is 55.2 Å². The first-order valence-corrected chi connectivity index (χ1v) is 12.6. The molecule has 24 heavy (non-hydrogen) atoms. The van der Waals surface area contributed by atoms with Gasteiger partial charge in [0, 0.05) is 31.8 Å². The number of hydrogen-bond acceptors (Lipinski definition) is 4. The molecule has 0 aliphatic rings. The van der Waals surface area contributed by atoms with Crippen LogP contribution in [0.25, 0.3) is 0 Å². The highest BCUT2D eigenvalue weighted by Gasteiger charge is 2.12. The van der Waals surface area contributed by atoms with Crippen LogP contribution in [0.15, 0.2) is 38.7 Å². The summed E-state index contributed by atoms with van der Waals surface area (Å²) in [7, 11) is 0.661. The summed E-state index contributed by atoms with van der Waals surface area (Å²) in [5.74, 6) is 0.705. The van der Waals surface area contributed by atoms with Crippen LogP contribution in [0.3, 0.4) is 0 Å². The molecule has 0 aliphatic heterocycles. The Labute approximate surface area is 154 Å². The van der Waals surface area contributed by atoms with Gasteiger partial charge in [0.25, 0.3) is 6.02 Å². The molecule has 0 amide bonds. The van der Waals surface area contributed by atoms with Crippen molar-refractivity contribution in [1.82, 2.24) is 5.32 Å². The third-order valence-electron chi connectivity index (χ3n) is 3.14. The highest BCUT2D eigenvalue weighted by Crippen LogP contribution is 2.11. The van der Waals surface area contributed by atoms with E-state index in [4.69, 9.17) is 9.47 Å². The molecule has 0 heterocycles. The molecule has 1 aromatic rings. The third kappa shape index (κ3) is 8.61. The van der Waals surface area contributed by atoms with Crippen molar-refractivity contribution < 1.29 is 9.47 Å². The normalized spacial score (nSPS) is 13.1. The fourth-order valence-electron chi connectivity index (χ4n) is 1.77. The van der Waals surface area contributed by atoms with E-state index in [9.17, 15) is 0 Å². The number of rotatable bonds is 7. The molecule has 0 atom stereocenters. The van der Waals surface area contributed by atoms with Crippen LogP contribution in [0.5, 0.6) is 0 Å². The summed E-state index contributed by atoms with van der Waals surface area (Å²) in [6, 6.07) is 9.45. The van der Waals surface area contributed by atoms with Gasteiger partial charge in [-0.1, -0.05) is 47.7 Å². The van der Waals surface area contributed by atoms with Crippen molar-refractivity contribution in [3.63, 3.8) is 0 Å². The maximum atomic E-state index is 5.60. The van der Waals surface area contributed by atoms with E-state index in [0.717, 1.165) is 22.7 Å². The Morgan fingerprint density at radius 3 is 2.42 bits per heavy atom. The van der Waals surface area contributed by atoms with E-state index in [-0.39, 0.29) is 6.73 Å². The Bertz CT molecular complexity index is 554. The minimum Gasteiger partial charge on any atom is -0.465 e. The molecule has 0 aliphatic carbocycles. The van der Waals surface area contributed by atoms with Crippen LogP contribution in [0.2, 0.25) is 25.7 Å². The standard InChI is InChI=1S/C17H28BrN3O2Si/c1-6-23-17(20-13-22-11-12-24(3,4)5)21-16(19-2)14-7-9-15(18)10-8-14/h7-10H,6,11-13H2,1-5H3,(H,19,20,21). The SMILES string of the molecule is CCOC(=NCOCC[Si](C)(C)C)NC(=NC)c1ccc(Br)cc1. The maximum absolute atomic E-state index is 5.60. The minimum atomic E-state index is -1.07. The zero-order chi connectivity index (χ0) is 18.0. The van der Waals surface area contributed by atoms with Gasteiger partial charge in [-0.25, -0.2) is 4.99 Å². The number of halogens is 1. The van der Waals surface area contributed by atoms with Gasteiger partial charge in [-0.05, 0) is 25.1 Å². The fraction of sp³-hybridized carbons (Fsp3) is 0.529. The summed E-state index contributed by atoms with van der Waals surface area (Å²) < 4.78 is 12.2. The van der Waals surface area contributed by atoms with Gasteiger partial charge in [0.05, 0.1) is 6.61 Å². The van der Waals surface area contributed by atoms with Crippen LogP contribution in [-0.2, 0) is 9.47 Å². The molecule has 0 unspecified atom stereocenters. The molecular weight excluding hydrogens is 386 g/mol. The second-order valence-corrected chi connectivity index (χ2v) is 13.0. The Hall–Kier alpha value is -1.18. The highest BCUT2D eigenvalue weighted by molar-refractivity contribution is 9.10. The number of aliphatic imine (C=N–C) groups is 2. The summed E-state index contributed by atoms with van der Waals surface area (Å²) in [5, 5.41) is 3.14. The van der Waals surface area contributed by atoms with Crippen LogP contribution in [0.4, 0.5) is 0 Å². The van der Waals surface area contributed by atoms with Gasteiger partial charge < -0.3 is 9.47 Å². The molecule has 0 radical (unpaired) electrons. The molecule has 0 saturated carbocycles. The van der Waals surface area contributed by atoms with Crippen molar-refractivity contribution in [2.24, 2.45) is 9.98 Å². The predicted octanol–water partition coefficient (Wildman–Crippen LogP) is 4.12. The van der Waals surface area contributed by atoms with Crippen LogP contribution >= 0.6 is 15.9 Å². The fourth-order valence-corrected chi connectivity index (χ4v) is 2.79. The molecule has 0 saturated heterocycles. The van der Waals surface area contributed by atoms with Gasteiger partial charge >= 0.3 is 0 Å². The van der Waals surface area contributed by atoms with E-state index in [1.807, 2.05) is 31.2 Å². The number of hydrogen-bond donors (Lipinski definition) is 1. The molecule has 1 rings (SSSR count). The van der Waals surface area contributed by atoms with Gasteiger partial charge in [0.15, 0.2) is 0 Å². The van der Waals surface area contributed by atoms with Crippen LogP contribution in [-0.4, -0.2) is 46.9 Å². The predicted molar refractivity (Wildman–Crippen MR) is 108 cm³/mol. The van der Waals surface area contributed by atoms with Crippen molar-refractivity contribution in [1.29, 1.82) is 0 Å². The molecule has 0 fully saturated rings. The van der Waals surface area contributed by atoms with Gasteiger partial charge in [-0.15, -0.1) is 0 Å². The van der Waals surface area contributed by atoms with Crippen molar-refractivity contribution in [3.8, 4) is 0 Å². The van der Waals surface area contributed by atoms with E-state index in [1.165, 1.54) is 0 Å². The maximum Gasteiger partial charge on any atom is 0.292 e. The van der Waals surface area contributed by atoms with E-state index in [0.29, 0.717) is 18.5 Å². The van der Waals surface area contributed by atoms with Crippen LogP contribution in [0.1, 0.15) is 12.5 Å². The monoisotopic (exact) mass is 413 g/mol. The molecule has 7 heteroatoms. The molecular formula is C17H28BrN3O2Si. The first-order chi connectivity index (χ1) is 11.4. The van der Waals surface area contributed by atoms with Crippen LogP contribution in [0, 0.1) is 0 Å². The van der Waals surface area contributed by atoms with Gasteiger partial charge in [0.2, 0.25) is 0 Å². The third-order valence-corrected chi connectivity index (χ3v) is 5.38. The van der Waals surface area contributed by atoms with Crippen molar-refractivity contribution >= 4 is 35.9 Å². The quantitative estimate of drug-likeness (QED) is 0.316. The van der Waals surface area contributed by atoms with E-state index in [1.54, 1.807) is 7.05 Å². The van der Waals surface area contributed by atoms with Crippen LogP contribution < -0.4 is 5.32 Å². The summed E-state index contributed by atoms with van der Waals surface area (Å²) in [6.45, 7) is 10.5. The average Bonchev–Trinajstić information content (AvgIpc) is 2.52. The minimum absolute atomic E-state index is 0.282. The number of nitrogens with one attached hydrogen (secondary N) is 1. The number of benzene rings is 1. The second-order valence-electron chi connectivity index (χ2n) is 6.45. The molecule has 0 aromatic heterocycles. The van der Waals surface area contributed by atoms with E-state index in [2.05, 4.69) is 50.9 Å². The molecule has 1 N–H and O–H groups in total. The Morgan fingerprint density at radius 2 is 1.88 bits per heavy atom. The Morgan fingerprint density at radius 1 is 1.21 bits per heavy atom. The summed E-state index contributed by atoms with van der Waals surface area (Å²) in [4.78, 5) is 8.63. The molecule has 0 bridgehead atoms. The zero-order valence-electron chi connectivity index (χ0n) is 15.2. The first kappa shape index (κ1) is 20.9. The average molecular weight is 414 g/mol. The van der Waals surface area contributed by atoms with Gasteiger partial charge in [-0.3, -0.25) is 10.3 Å². The molecule has 134 valence electrons. The zero-order valence-corrected chi connectivity index (χ0v) is 17.8.